The van der Waals surface area contributed by atoms with Gasteiger partial charge in [-0.15, -0.1) is 11.3 Å². The van der Waals surface area contributed by atoms with E-state index in [1.807, 2.05) is 42.5 Å². The summed E-state index contributed by atoms with van der Waals surface area (Å²) in [5.74, 6) is 0.807. The number of aromatic nitrogens is 2. The summed E-state index contributed by atoms with van der Waals surface area (Å²) in [4.78, 5) is 17.0. The number of hydrogen-bond acceptors (Lipinski definition) is 4. The topological polar surface area (TPSA) is 44.1 Å². The van der Waals surface area contributed by atoms with Crippen LogP contribution in [0.5, 0.6) is 5.75 Å². The van der Waals surface area contributed by atoms with Crippen LogP contribution in [0.2, 0.25) is 0 Å². The molecule has 0 atom stereocenters. The minimum Gasteiger partial charge on any atom is -0.497 e. The molecule has 0 amide bonds. The molecule has 2 aromatic carbocycles. The van der Waals surface area contributed by atoms with Gasteiger partial charge < -0.3 is 9.30 Å². The lowest BCUT2D eigenvalue weighted by atomic mass is 10.1. The second-order valence-electron chi connectivity index (χ2n) is 5.33. The van der Waals surface area contributed by atoms with Crippen LogP contribution in [-0.2, 0) is 7.05 Å². The lowest BCUT2D eigenvalue weighted by molar-refractivity contribution is 0.415. The minimum absolute atomic E-state index is 0.0319. The van der Waals surface area contributed by atoms with Crippen molar-refractivity contribution in [1.82, 2.24) is 9.55 Å². The third-order valence-corrected chi connectivity index (χ3v) is 5.03. The van der Waals surface area contributed by atoms with Gasteiger partial charge in [-0.2, -0.15) is 0 Å². The van der Waals surface area contributed by atoms with E-state index < -0.39 is 0 Å². The fourth-order valence-corrected chi connectivity index (χ4v) is 3.76. The van der Waals surface area contributed by atoms with E-state index in [0.29, 0.717) is 0 Å². The van der Waals surface area contributed by atoms with Crippen LogP contribution in [0.25, 0.3) is 31.7 Å². The lowest BCUT2D eigenvalue weighted by Gasteiger charge is -2.07. The van der Waals surface area contributed by atoms with Gasteiger partial charge in [-0.25, -0.2) is 4.98 Å². The van der Waals surface area contributed by atoms with E-state index in [1.165, 1.54) is 0 Å². The maximum absolute atomic E-state index is 12.3. The molecule has 4 nitrogen and oxygen atoms in total. The molecule has 0 aliphatic heterocycles. The van der Waals surface area contributed by atoms with Gasteiger partial charge in [0.25, 0.3) is 5.56 Å². The maximum atomic E-state index is 12.3. The number of hydrogen-bond donors (Lipinski definition) is 0. The number of pyridine rings is 1. The zero-order chi connectivity index (χ0) is 16.0. The summed E-state index contributed by atoms with van der Waals surface area (Å²) in [6.07, 6.45) is 0. The van der Waals surface area contributed by atoms with Crippen LogP contribution >= 0.6 is 11.3 Å². The Bertz CT molecular complexity index is 1100. The normalized spacial score (nSPS) is 11.2. The van der Waals surface area contributed by atoms with Crippen molar-refractivity contribution in [2.45, 2.75) is 0 Å². The van der Waals surface area contributed by atoms with Crippen LogP contribution in [0, 0.1) is 0 Å². The van der Waals surface area contributed by atoms with Gasteiger partial charge in [-0.3, -0.25) is 4.79 Å². The van der Waals surface area contributed by atoms with Crippen molar-refractivity contribution in [3.05, 3.63) is 58.9 Å². The quantitative estimate of drug-likeness (QED) is 0.563. The van der Waals surface area contributed by atoms with Crippen LogP contribution in [-0.4, -0.2) is 16.7 Å². The van der Waals surface area contributed by atoms with Crippen LogP contribution in [0.1, 0.15) is 0 Å². The number of aryl methyl sites for hydroxylation is 1. The monoisotopic (exact) mass is 322 g/mol. The number of methoxy groups -OCH3 is 1. The highest BCUT2D eigenvalue weighted by molar-refractivity contribution is 7.21. The summed E-state index contributed by atoms with van der Waals surface area (Å²) in [5.41, 5.74) is 2.67. The summed E-state index contributed by atoms with van der Waals surface area (Å²) in [7, 11) is 3.44. The van der Waals surface area contributed by atoms with Crippen molar-refractivity contribution in [2.24, 2.45) is 7.05 Å². The number of para-hydroxylation sites is 1. The highest BCUT2D eigenvalue weighted by Crippen LogP contribution is 2.34. The molecule has 0 saturated carbocycles. The molecule has 0 fully saturated rings. The summed E-state index contributed by atoms with van der Waals surface area (Å²) in [5, 5.41) is 1.88. The van der Waals surface area contributed by atoms with E-state index in [0.717, 1.165) is 37.4 Å². The largest absolute Gasteiger partial charge is 0.497 e. The Morgan fingerprint density at radius 1 is 1.13 bits per heavy atom. The Kier molecular flexibility index (Phi) is 3.16. The van der Waals surface area contributed by atoms with Gasteiger partial charge in [0.1, 0.15) is 10.8 Å². The van der Waals surface area contributed by atoms with Gasteiger partial charge in [0.2, 0.25) is 0 Å². The Labute approximate surface area is 136 Å². The average Bonchev–Trinajstić information content (AvgIpc) is 3.00. The van der Waals surface area contributed by atoms with Crippen LogP contribution < -0.4 is 10.3 Å². The molecule has 0 aliphatic rings. The molecular weight excluding hydrogens is 308 g/mol. The predicted molar refractivity (Wildman–Crippen MR) is 94.4 cm³/mol. The van der Waals surface area contributed by atoms with Gasteiger partial charge in [-0.1, -0.05) is 18.2 Å². The molecule has 0 N–H and O–H groups in total. The number of fused-ring (bicyclic) bond motifs is 2. The van der Waals surface area contributed by atoms with E-state index in [4.69, 9.17) is 9.72 Å². The summed E-state index contributed by atoms with van der Waals surface area (Å²) in [6, 6.07) is 15.4. The molecule has 114 valence electrons. The Hall–Kier alpha value is -2.66. The van der Waals surface area contributed by atoms with Crippen LogP contribution in [0.3, 0.4) is 0 Å². The number of benzene rings is 2. The van der Waals surface area contributed by atoms with E-state index >= 15 is 0 Å². The van der Waals surface area contributed by atoms with Crippen molar-refractivity contribution in [1.29, 1.82) is 0 Å². The molecule has 0 bridgehead atoms. The second-order valence-corrected chi connectivity index (χ2v) is 6.36. The molecule has 0 radical (unpaired) electrons. The minimum atomic E-state index is -0.0319. The SMILES string of the molecule is COc1ccc2nc(-c3cc(=O)n(C)c4ccccc34)sc2c1. The van der Waals surface area contributed by atoms with E-state index in [2.05, 4.69) is 0 Å². The first-order valence-corrected chi connectivity index (χ1v) is 8.03. The van der Waals surface area contributed by atoms with Crippen LogP contribution in [0.15, 0.2) is 53.3 Å². The maximum Gasteiger partial charge on any atom is 0.251 e. The molecule has 4 rings (SSSR count). The van der Waals surface area contributed by atoms with Gasteiger partial charge >= 0.3 is 0 Å². The molecule has 0 aliphatic carbocycles. The van der Waals surface area contributed by atoms with Crippen molar-refractivity contribution in [2.75, 3.05) is 7.11 Å². The molecule has 0 unspecified atom stereocenters. The molecule has 5 heteroatoms. The van der Waals surface area contributed by atoms with Crippen molar-refractivity contribution >= 4 is 32.5 Å². The van der Waals surface area contributed by atoms with Gasteiger partial charge in [0, 0.05) is 24.1 Å². The van der Waals surface area contributed by atoms with Crippen LogP contribution in [0.4, 0.5) is 0 Å². The molecule has 2 aromatic heterocycles. The van der Waals surface area contributed by atoms with Gasteiger partial charge in [-0.05, 0) is 24.3 Å². The Morgan fingerprint density at radius 3 is 2.78 bits per heavy atom. The van der Waals surface area contributed by atoms with E-state index in [1.54, 1.807) is 36.1 Å². The fourth-order valence-electron chi connectivity index (χ4n) is 2.73. The number of thiazole rings is 1. The first-order chi connectivity index (χ1) is 11.2. The van der Waals surface area contributed by atoms with E-state index in [9.17, 15) is 4.79 Å². The zero-order valence-electron chi connectivity index (χ0n) is 12.7. The van der Waals surface area contributed by atoms with Crippen molar-refractivity contribution in [3.8, 4) is 16.3 Å². The highest BCUT2D eigenvalue weighted by atomic mass is 32.1. The fraction of sp³-hybridized carbons (Fsp3) is 0.111. The average molecular weight is 322 g/mol. The molecule has 4 aromatic rings. The van der Waals surface area contributed by atoms with Crippen molar-refractivity contribution in [3.63, 3.8) is 0 Å². The molecule has 2 heterocycles. The smallest absolute Gasteiger partial charge is 0.251 e. The van der Waals surface area contributed by atoms with Gasteiger partial charge in [0.05, 0.1) is 22.8 Å². The second kappa shape index (κ2) is 5.21. The first kappa shape index (κ1) is 14.0. The standard InChI is InChI=1S/C18H14N2O2S/c1-20-15-6-4-3-5-12(15)13(10-17(20)21)18-19-14-8-7-11(22-2)9-16(14)23-18/h3-10H,1-2H3. The summed E-state index contributed by atoms with van der Waals surface area (Å²) < 4.78 is 7.98. The summed E-state index contributed by atoms with van der Waals surface area (Å²) >= 11 is 1.57. The molecule has 0 spiro atoms. The lowest BCUT2D eigenvalue weighted by Crippen LogP contribution is -2.16. The third-order valence-electron chi connectivity index (χ3n) is 3.98. The summed E-state index contributed by atoms with van der Waals surface area (Å²) in [6.45, 7) is 0. The number of nitrogens with zero attached hydrogens (tertiary/aromatic N) is 2. The predicted octanol–water partition coefficient (Wildman–Crippen LogP) is 3.82. The first-order valence-electron chi connectivity index (χ1n) is 7.21. The Balaban J connectivity index is 2.02. The third kappa shape index (κ3) is 2.21. The molecular formula is C18H14N2O2S. The number of rotatable bonds is 2. The zero-order valence-corrected chi connectivity index (χ0v) is 13.6. The van der Waals surface area contributed by atoms with E-state index in [-0.39, 0.29) is 5.56 Å². The molecule has 23 heavy (non-hydrogen) atoms. The van der Waals surface area contributed by atoms with Crippen molar-refractivity contribution < 1.29 is 4.74 Å². The Morgan fingerprint density at radius 2 is 1.96 bits per heavy atom. The van der Waals surface area contributed by atoms with Gasteiger partial charge in [0.15, 0.2) is 0 Å². The molecule has 0 saturated heterocycles. The highest BCUT2D eigenvalue weighted by Gasteiger charge is 2.13. The number of ether oxygens (including phenoxy) is 1.